The highest BCUT2D eigenvalue weighted by atomic mass is 19.4. The van der Waals surface area contributed by atoms with Crippen LogP contribution in [0.3, 0.4) is 0 Å². The zero-order chi connectivity index (χ0) is 24.7. The number of nitrogens with one attached hydrogen (secondary N) is 1. The van der Waals surface area contributed by atoms with Gasteiger partial charge >= 0.3 is 6.18 Å². The summed E-state index contributed by atoms with van der Waals surface area (Å²) in [7, 11) is 1.94. The minimum atomic E-state index is -4.48. The van der Waals surface area contributed by atoms with Crippen LogP contribution in [0, 0.1) is 5.92 Å². The zero-order valence-corrected chi connectivity index (χ0v) is 19.9. The van der Waals surface area contributed by atoms with Gasteiger partial charge in [0.1, 0.15) is 18.0 Å². The van der Waals surface area contributed by atoms with Crippen LogP contribution >= 0.6 is 0 Å². The Labute approximate surface area is 203 Å². The van der Waals surface area contributed by atoms with E-state index >= 15 is 0 Å². The fraction of sp³-hybridized carbons (Fsp3) is 0.385. The van der Waals surface area contributed by atoms with Crippen molar-refractivity contribution in [3.05, 3.63) is 89.7 Å². The van der Waals surface area contributed by atoms with Crippen molar-refractivity contribution in [1.29, 1.82) is 0 Å². The highest BCUT2D eigenvalue weighted by molar-refractivity contribution is 5.64. The summed E-state index contributed by atoms with van der Waals surface area (Å²) in [5, 5.41) is 11.6. The van der Waals surface area contributed by atoms with Crippen molar-refractivity contribution < 1.29 is 13.2 Å². The van der Waals surface area contributed by atoms with Gasteiger partial charge in [0, 0.05) is 37.6 Å². The van der Waals surface area contributed by atoms with Crippen LogP contribution in [-0.4, -0.2) is 38.9 Å². The molecule has 1 atom stereocenters. The van der Waals surface area contributed by atoms with Gasteiger partial charge < -0.3 is 19.7 Å². The van der Waals surface area contributed by atoms with Crippen LogP contribution in [-0.2, 0) is 7.05 Å². The predicted molar refractivity (Wildman–Crippen MR) is 129 cm³/mol. The first-order valence-corrected chi connectivity index (χ1v) is 11.9. The number of likely N-dealkylation sites (N-methyl/N-ethyl adjacent to an activating group) is 1. The summed E-state index contributed by atoms with van der Waals surface area (Å²) in [6.45, 7) is 7.08. The molecule has 2 aliphatic heterocycles. The van der Waals surface area contributed by atoms with Gasteiger partial charge in [0.2, 0.25) is 0 Å². The van der Waals surface area contributed by atoms with E-state index in [1.807, 2.05) is 36.7 Å². The summed E-state index contributed by atoms with van der Waals surface area (Å²) in [5.41, 5.74) is 1.81. The number of halogens is 3. The molecule has 184 valence electrons. The molecule has 1 aromatic carbocycles. The first-order valence-electron chi connectivity index (χ1n) is 11.9. The minimum absolute atomic E-state index is 0.0806. The lowest BCUT2D eigenvalue weighted by molar-refractivity contribution is -0.0909. The summed E-state index contributed by atoms with van der Waals surface area (Å²) in [6, 6.07) is 7.95. The Kier molecular flexibility index (Phi) is 6.04. The number of aromatic nitrogens is 3. The van der Waals surface area contributed by atoms with Crippen molar-refractivity contribution in [3.8, 4) is 0 Å². The number of aryl methyl sites for hydroxylation is 1. The Morgan fingerprint density at radius 3 is 2.63 bits per heavy atom. The molecule has 0 amide bonds. The topological polar surface area (TPSA) is 49.2 Å². The Bertz CT molecular complexity index is 1220. The van der Waals surface area contributed by atoms with Crippen LogP contribution in [0.1, 0.15) is 43.5 Å². The van der Waals surface area contributed by atoms with Crippen LogP contribution in [0.5, 0.6) is 0 Å². The number of benzene rings is 1. The molecule has 2 aromatic rings. The number of hydrogen-bond donors (Lipinski definition) is 1. The maximum atomic E-state index is 14.0. The molecule has 0 spiro atoms. The fourth-order valence-electron chi connectivity index (χ4n) is 4.98. The van der Waals surface area contributed by atoms with Gasteiger partial charge in [0.05, 0.1) is 11.3 Å². The van der Waals surface area contributed by atoms with Gasteiger partial charge in [-0.25, -0.2) is 0 Å². The second-order valence-electron chi connectivity index (χ2n) is 9.27. The number of anilines is 1. The van der Waals surface area contributed by atoms with Gasteiger partial charge in [0.15, 0.2) is 0 Å². The monoisotopic (exact) mass is 482 g/mol. The summed E-state index contributed by atoms with van der Waals surface area (Å²) in [5.74, 6) is 1.91. The van der Waals surface area contributed by atoms with E-state index < -0.39 is 11.7 Å². The highest BCUT2D eigenvalue weighted by Crippen LogP contribution is 2.46. The van der Waals surface area contributed by atoms with Crippen molar-refractivity contribution in [2.45, 2.75) is 38.3 Å². The van der Waals surface area contributed by atoms with Gasteiger partial charge in [-0.05, 0) is 54.6 Å². The molecule has 1 fully saturated rings. The third-order valence-corrected chi connectivity index (χ3v) is 7.01. The highest BCUT2D eigenvalue weighted by Gasteiger charge is 2.43. The maximum Gasteiger partial charge on any atom is 0.418 e. The maximum absolute atomic E-state index is 14.0. The molecular weight excluding hydrogens is 453 g/mol. The molecule has 9 heteroatoms. The molecule has 1 saturated carbocycles. The second-order valence-corrected chi connectivity index (χ2v) is 9.27. The lowest BCUT2D eigenvalue weighted by Gasteiger charge is -2.34. The quantitative estimate of drug-likeness (QED) is 0.590. The van der Waals surface area contributed by atoms with Crippen LogP contribution in [0.4, 0.5) is 18.9 Å². The summed E-state index contributed by atoms with van der Waals surface area (Å²) >= 11 is 0. The first kappa shape index (κ1) is 23.4. The molecule has 1 aliphatic carbocycles. The van der Waals surface area contributed by atoms with Crippen molar-refractivity contribution in [2.75, 3.05) is 18.0 Å². The fourth-order valence-corrected chi connectivity index (χ4v) is 4.98. The van der Waals surface area contributed by atoms with Gasteiger partial charge in [-0.3, -0.25) is 0 Å². The molecule has 0 radical (unpaired) electrons. The predicted octanol–water partition coefficient (Wildman–Crippen LogP) is 5.18. The van der Waals surface area contributed by atoms with Gasteiger partial charge in [-0.1, -0.05) is 32.1 Å². The molecule has 3 heterocycles. The Morgan fingerprint density at radius 2 is 2.00 bits per heavy atom. The number of nitrogens with zero attached hydrogens (tertiary/aromatic N) is 5. The van der Waals surface area contributed by atoms with Gasteiger partial charge in [-0.2, -0.15) is 13.2 Å². The molecule has 6 nitrogen and oxygen atoms in total. The average molecular weight is 483 g/mol. The van der Waals surface area contributed by atoms with E-state index in [0.717, 1.165) is 29.9 Å². The van der Waals surface area contributed by atoms with Gasteiger partial charge in [0.25, 0.3) is 0 Å². The Morgan fingerprint density at radius 1 is 1.20 bits per heavy atom. The van der Waals surface area contributed by atoms with E-state index in [1.165, 1.54) is 23.6 Å². The number of rotatable bonds is 7. The van der Waals surface area contributed by atoms with E-state index in [9.17, 15) is 13.2 Å². The molecule has 3 aliphatic rings. The molecule has 0 bridgehead atoms. The SMILES string of the molecule is C=C1N2C=C(CNCC)C=C(C(F)(F)F)C2=CN1c1cccc(C(c2nncn2C)C2CCC2)c1. The molecule has 0 saturated heterocycles. The zero-order valence-electron chi connectivity index (χ0n) is 19.9. The molecule has 5 rings (SSSR count). The molecule has 1 aromatic heterocycles. The first-order chi connectivity index (χ1) is 16.8. The minimum Gasteiger partial charge on any atom is -0.320 e. The largest absolute Gasteiger partial charge is 0.418 e. The summed E-state index contributed by atoms with van der Waals surface area (Å²) in [6.07, 6.45) is 5.14. The number of hydrogen-bond acceptors (Lipinski definition) is 5. The number of alkyl halides is 3. The summed E-state index contributed by atoms with van der Waals surface area (Å²) in [4.78, 5) is 3.27. The lowest BCUT2D eigenvalue weighted by atomic mass is 9.72. The second kappa shape index (κ2) is 9.03. The molecular formula is C26H29F3N6. The van der Waals surface area contributed by atoms with E-state index in [2.05, 4.69) is 28.2 Å². The third-order valence-electron chi connectivity index (χ3n) is 7.01. The molecule has 1 unspecified atom stereocenters. The number of allylic oxidation sites excluding steroid dienone is 1. The van der Waals surface area contributed by atoms with Crippen LogP contribution in [0.15, 0.2) is 78.3 Å². The lowest BCUT2D eigenvalue weighted by Crippen LogP contribution is -2.28. The van der Waals surface area contributed by atoms with E-state index in [4.69, 9.17) is 0 Å². The smallest absolute Gasteiger partial charge is 0.320 e. The van der Waals surface area contributed by atoms with Crippen molar-refractivity contribution in [3.63, 3.8) is 0 Å². The Balaban J connectivity index is 1.51. The average Bonchev–Trinajstić information content (AvgIpc) is 3.36. The van der Waals surface area contributed by atoms with Crippen LogP contribution < -0.4 is 10.2 Å². The standard InChI is InChI=1S/C26H29F3N6/c1-4-30-13-18-11-22(26(27,28)29)23-15-34(17(2)35(23)14-18)21-10-6-9-20(12-21)24(19-7-5-8-19)25-32-31-16-33(25)3/h6,9-12,14-16,19,24,30H,2,4-5,7-8,13H2,1,3H3. The number of fused-ring (bicyclic) bond motifs is 1. The van der Waals surface area contributed by atoms with Crippen molar-refractivity contribution >= 4 is 5.69 Å². The third kappa shape index (κ3) is 4.29. The van der Waals surface area contributed by atoms with Gasteiger partial charge in [-0.15, -0.1) is 10.2 Å². The molecule has 35 heavy (non-hydrogen) atoms. The van der Waals surface area contributed by atoms with Crippen molar-refractivity contribution in [2.24, 2.45) is 13.0 Å². The molecule has 1 N–H and O–H groups in total. The van der Waals surface area contributed by atoms with E-state index in [-0.39, 0.29) is 11.6 Å². The van der Waals surface area contributed by atoms with E-state index in [1.54, 1.807) is 17.4 Å². The van der Waals surface area contributed by atoms with Crippen LogP contribution in [0.25, 0.3) is 0 Å². The van der Waals surface area contributed by atoms with Crippen LogP contribution in [0.2, 0.25) is 0 Å². The summed E-state index contributed by atoms with van der Waals surface area (Å²) < 4.78 is 43.9. The Hall–Kier alpha value is -3.33. The van der Waals surface area contributed by atoms with E-state index in [0.29, 0.717) is 30.4 Å². The normalized spacial score (nSPS) is 19.2. The van der Waals surface area contributed by atoms with Crippen molar-refractivity contribution in [1.82, 2.24) is 25.0 Å².